The van der Waals surface area contributed by atoms with Gasteiger partial charge in [-0.05, 0) is 0 Å². The maximum atomic E-state index is 10.5. The molecule has 0 saturated heterocycles. The van der Waals surface area contributed by atoms with Crippen molar-refractivity contribution in [3.8, 4) is 0 Å². The highest BCUT2D eigenvalue weighted by atomic mass is 16.4. The first-order chi connectivity index (χ1) is 8.16. The van der Waals surface area contributed by atoms with Crippen LogP contribution in [0.1, 0.15) is 6.42 Å². The van der Waals surface area contributed by atoms with Crippen LogP contribution in [-0.4, -0.2) is 47.2 Å². The number of carbonyl (C=O) groups is 4. The van der Waals surface area contributed by atoms with E-state index in [0.29, 0.717) is 0 Å². The number of carbonyl (C=O) groups excluding carboxylic acids is 4. The first-order valence-corrected chi connectivity index (χ1v) is 4.43. The number of carboxylic acids is 4. The van der Waals surface area contributed by atoms with Crippen LogP contribution in [0.3, 0.4) is 0 Å². The number of carboxylic acid groups (broad SMARTS) is 4. The molecule has 3 atom stereocenters. The van der Waals surface area contributed by atoms with Crippen molar-refractivity contribution in [2.45, 2.75) is 24.6 Å². The monoisotopic (exact) mass is 261 g/mol. The Morgan fingerprint density at radius 2 is 1.44 bits per heavy atom. The highest BCUT2D eigenvalue weighted by Gasteiger charge is 2.25. The Morgan fingerprint density at radius 1 is 0.944 bits per heavy atom. The van der Waals surface area contributed by atoms with E-state index in [1.807, 2.05) is 0 Å². The van der Waals surface area contributed by atoms with E-state index in [1.54, 1.807) is 5.32 Å². The van der Waals surface area contributed by atoms with Crippen LogP contribution in [0.25, 0.3) is 0 Å². The van der Waals surface area contributed by atoms with Crippen molar-refractivity contribution in [1.29, 1.82) is 0 Å². The molecule has 0 radical (unpaired) electrons. The van der Waals surface area contributed by atoms with Crippen molar-refractivity contribution in [3.63, 3.8) is 0 Å². The molecule has 10 heteroatoms. The molecule has 0 rings (SSSR count). The van der Waals surface area contributed by atoms with Crippen LogP contribution in [0.15, 0.2) is 0 Å². The largest absolute Gasteiger partial charge is 0.550 e. The average molecular weight is 261 g/mol. The van der Waals surface area contributed by atoms with E-state index in [2.05, 4.69) is 0 Å². The van der Waals surface area contributed by atoms with Crippen LogP contribution >= 0.6 is 0 Å². The lowest BCUT2D eigenvalue weighted by Crippen LogP contribution is -2.63. The number of hydrogen-bond acceptors (Lipinski definition) is 10. The molecule has 10 nitrogen and oxygen atoms in total. The molecule has 0 heterocycles. The fraction of sp³-hybridized carbons (Fsp3) is 0.500. The number of rotatable bonds is 8. The predicted molar refractivity (Wildman–Crippen MR) is 41.4 cm³/mol. The zero-order valence-electron chi connectivity index (χ0n) is 8.65. The zero-order chi connectivity index (χ0) is 14.5. The van der Waals surface area contributed by atoms with Gasteiger partial charge in [0.1, 0.15) is 6.10 Å². The lowest BCUT2D eigenvalue weighted by Gasteiger charge is -2.30. The van der Waals surface area contributed by atoms with E-state index in [4.69, 9.17) is 5.11 Å². The van der Waals surface area contributed by atoms with Crippen LogP contribution in [0, 0.1) is 0 Å². The van der Waals surface area contributed by atoms with Gasteiger partial charge in [0, 0.05) is 12.4 Å². The molecular weight excluding hydrogens is 254 g/mol. The summed E-state index contributed by atoms with van der Waals surface area (Å²) in [5.41, 5.74) is 0. The Bertz CT molecular complexity index is 366. The first-order valence-electron chi connectivity index (χ1n) is 4.43. The summed E-state index contributed by atoms with van der Waals surface area (Å²) in [4.78, 5) is 41.4. The Labute approximate surface area is 99.5 Å². The van der Waals surface area contributed by atoms with E-state index in [-0.39, 0.29) is 0 Å². The van der Waals surface area contributed by atoms with Crippen molar-refractivity contribution < 1.29 is 44.7 Å². The summed E-state index contributed by atoms with van der Waals surface area (Å²) in [6.45, 7) is 0. The van der Waals surface area contributed by atoms with Gasteiger partial charge in [0.25, 0.3) is 0 Å². The zero-order valence-corrected chi connectivity index (χ0v) is 8.65. The van der Waals surface area contributed by atoms with Gasteiger partial charge in [-0.25, -0.2) is 0 Å². The van der Waals surface area contributed by atoms with E-state index >= 15 is 0 Å². The summed E-state index contributed by atoms with van der Waals surface area (Å²) < 4.78 is 0. The molecule has 0 amide bonds. The maximum absolute atomic E-state index is 10.5. The topological polar surface area (TPSA) is 193 Å². The van der Waals surface area contributed by atoms with Crippen LogP contribution in [-0.2, 0) is 19.2 Å². The summed E-state index contributed by atoms with van der Waals surface area (Å²) in [5, 5.41) is 51.8. The fourth-order valence-electron chi connectivity index (χ4n) is 1.02. The molecule has 0 aliphatic rings. The minimum Gasteiger partial charge on any atom is -0.550 e. The van der Waals surface area contributed by atoms with Crippen molar-refractivity contribution in [3.05, 3.63) is 0 Å². The summed E-state index contributed by atoms with van der Waals surface area (Å²) in [7, 11) is 0. The number of aliphatic carboxylic acids is 4. The average Bonchev–Trinajstić information content (AvgIpc) is 2.21. The van der Waals surface area contributed by atoms with Crippen LogP contribution in [0.2, 0.25) is 0 Å². The normalized spacial score (nSPS) is 15.4. The first kappa shape index (κ1) is 15.8. The highest BCUT2D eigenvalue weighted by Crippen LogP contribution is 1.98. The van der Waals surface area contributed by atoms with Crippen LogP contribution in [0.5, 0.6) is 0 Å². The SMILES string of the molecule is O=C([O-])CC(NC(C(=O)[O-])C(O)C(=O)[O-])C(=O)[O-]. The Morgan fingerprint density at radius 3 is 1.72 bits per heavy atom. The second kappa shape index (κ2) is 6.51. The molecule has 102 valence electrons. The molecule has 2 N–H and O–H groups in total. The van der Waals surface area contributed by atoms with Crippen molar-refractivity contribution in [1.82, 2.24) is 5.32 Å². The van der Waals surface area contributed by atoms with Gasteiger partial charge in [-0.2, -0.15) is 0 Å². The minimum absolute atomic E-state index is 1.19. The van der Waals surface area contributed by atoms with E-state index < -0.39 is 48.5 Å². The maximum Gasteiger partial charge on any atom is 0.114 e. The van der Waals surface area contributed by atoms with E-state index in [1.165, 1.54) is 0 Å². The standard InChI is InChI=1S/C8H11NO9/c10-3(11)1-2(6(13)14)9-4(7(15)16)5(12)8(17)18/h2,4-5,9,12H,1H2,(H,10,11)(H,13,14)(H,15,16)(H,17,18)/p-4. The van der Waals surface area contributed by atoms with Gasteiger partial charge in [-0.1, -0.05) is 0 Å². The number of aliphatic hydroxyl groups is 1. The van der Waals surface area contributed by atoms with E-state index in [9.17, 15) is 39.6 Å². The third-order valence-electron chi connectivity index (χ3n) is 1.85. The Balaban J connectivity index is 4.93. The smallest absolute Gasteiger partial charge is 0.114 e. The molecule has 0 aromatic heterocycles. The minimum atomic E-state index is -2.63. The summed E-state index contributed by atoms with van der Waals surface area (Å²) in [6.07, 6.45) is -3.81. The molecule has 0 saturated carbocycles. The molecule has 3 unspecified atom stereocenters. The molecule has 0 bridgehead atoms. The van der Waals surface area contributed by atoms with Crippen molar-refractivity contribution in [2.75, 3.05) is 0 Å². The van der Waals surface area contributed by atoms with Gasteiger partial charge in [-0.15, -0.1) is 0 Å². The quantitative estimate of drug-likeness (QED) is 0.423. The molecule has 0 aliphatic heterocycles. The second-order valence-corrected chi connectivity index (χ2v) is 3.18. The summed E-state index contributed by atoms with van der Waals surface area (Å²) in [6, 6.07) is -4.45. The third-order valence-corrected chi connectivity index (χ3v) is 1.85. The van der Waals surface area contributed by atoms with E-state index in [0.717, 1.165) is 0 Å². The van der Waals surface area contributed by atoms with Crippen molar-refractivity contribution in [2.24, 2.45) is 0 Å². The van der Waals surface area contributed by atoms with Gasteiger partial charge in [0.2, 0.25) is 0 Å². The van der Waals surface area contributed by atoms with Crippen LogP contribution < -0.4 is 25.7 Å². The molecule has 0 fully saturated rings. The molecule has 0 aliphatic carbocycles. The van der Waals surface area contributed by atoms with Gasteiger partial charge >= 0.3 is 0 Å². The Hall–Kier alpha value is -2.20. The lowest BCUT2D eigenvalue weighted by atomic mass is 10.1. The molecule has 0 aromatic rings. The van der Waals surface area contributed by atoms with Gasteiger partial charge < -0.3 is 44.7 Å². The Kier molecular flexibility index (Phi) is 5.72. The number of nitrogens with one attached hydrogen (secondary N) is 1. The molecular formula is C8H7NO9-4. The van der Waals surface area contributed by atoms with Gasteiger partial charge in [0.05, 0.1) is 30.0 Å². The van der Waals surface area contributed by atoms with Gasteiger partial charge in [-0.3, -0.25) is 5.32 Å². The fourth-order valence-corrected chi connectivity index (χ4v) is 1.02. The number of hydrogen-bond donors (Lipinski definition) is 2. The third kappa shape index (κ3) is 4.76. The lowest BCUT2D eigenvalue weighted by molar-refractivity contribution is -0.328. The summed E-state index contributed by atoms with van der Waals surface area (Å²) >= 11 is 0. The van der Waals surface area contributed by atoms with Crippen LogP contribution in [0.4, 0.5) is 0 Å². The molecule has 0 spiro atoms. The van der Waals surface area contributed by atoms with Crippen molar-refractivity contribution >= 4 is 23.9 Å². The summed E-state index contributed by atoms with van der Waals surface area (Å²) in [5.74, 6) is -8.23. The highest BCUT2D eigenvalue weighted by molar-refractivity contribution is 5.84. The van der Waals surface area contributed by atoms with Gasteiger partial charge in [0.15, 0.2) is 0 Å². The molecule has 0 aromatic carbocycles. The number of aliphatic hydroxyl groups excluding tert-OH is 1. The second-order valence-electron chi connectivity index (χ2n) is 3.18. The predicted octanol–water partition coefficient (Wildman–Crippen LogP) is -7.94. The molecule has 18 heavy (non-hydrogen) atoms.